The molecule has 4 heteroatoms. The molecule has 0 bridgehead atoms. The number of nitrogens with zero attached hydrogens (tertiary/aromatic N) is 1. The fraction of sp³-hybridized carbons (Fsp3) is 0.0909. The van der Waals surface area contributed by atoms with Crippen molar-refractivity contribution in [2.24, 2.45) is 0 Å². The lowest BCUT2D eigenvalue weighted by atomic mass is 10.1. The topological polar surface area (TPSA) is 55.1 Å². The molecule has 1 amide bonds. The number of aromatic nitrogens is 1. The number of para-hydroxylation sites is 3. The summed E-state index contributed by atoms with van der Waals surface area (Å²) in [7, 11) is 0. The number of carbonyl (C=O) groups excluding carboxylic acids is 1. The molecule has 0 radical (unpaired) electrons. The summed E-state index contributed by atoms with van der Waals surface area (Å²) in [5.74, 6) is 0.475. The number of aryl methyl sites for hydroxylation is 1. The Kier molecular flexibility index (Phi) is 4.48. The predicted molar refractivity (Wildman–Crippen MR) is 103 cm³/mol. The predicted octanol–water partition coefficient (Wildman–Crippen LogP) is 5.07. The summed E-state index contributed by atoms with van der Waals surface area (Å²) in [6.07, 6.45) is 1.13. The lowest BCUT2D eigenvalue weighted by Crippen LogP contribution is -2.13. The van der Waals surface area contributed by atoms with E-state index in [4.69, 9.17) is 4.42 Å². The Balaban J connectivity index is 1.53. The summed E-state index contributed by atoms with van der Waals surface area (Å²) in [6, 6.07) is 25.2. The highest BCUT2D eigenvalue weighted by molar-refractivity contribution is 5.95. The van der Waals surface area contributed by atoms with Gasteiger partial charge in [0.2, 0.25) is 11.8 Å². The second-order valence-electron chi connectivity index (χ2n) is 6.07. The number of hydrogen-bond donors (Lipinski definition) is 1. The molecule has 26 heavy (non-hydrogen) atoms. The number of oxazole rings is 1. The normalized spacial score (nSPS) is 10.8. The van der Waals surface area contributed by atoms with Crippen molar-refractivity contribution >= 4 is 22.7 Å². The van der Waals surface area contributed by atoms with Crippen LogP contribution in [0.25, 0.3) is 22.6 Å². The van der Waals surface area contributed by atoms with Crippen LogP contribution in [0.5, 0.6) is 0 Å². The maximum absolute atomic E-state index is 12.4. The van der Waals surface area contributed by atoms with Crippen molar-refractivity contribution in [2.45, 2.75) is 12.8 Å². The molecule has 1 heterocycles. The highest BCUT2D eigenvalue weighted by Gasteiger charge is 2.13. The van der Waals surface area contributed by atoms with Gasteiger partial charge in [0.15, 0.2) is 5.58 Å². The second-order valence-corrected chi connectivity index (χ2v) is 6.07. The fourth-order valence-corrected chi connectivity index (χ4v) is 2.88. The van der Waals surface area contributed by atoms with Crippen LogP contribution in [0.4, 0.5) is 5.69 Å². The van der Waals surface area contributed by atoms with E-state index in [-0.39, 0.29) is 5.91 Å². The Labute approximate surface area is 151 Å². The first-order valence-corrected chi connectivity index (χ1v) is 8.58. The summed E-state index contributed by atoms with van der Waals surface area (Å²) in [4.78, 5) is 16.9. The van der Waals surface area contributed by atoms with Gasteiger partial charge in [0.1, 0.15) is 5.52 Å². The number of carbonyl (C=O) groups is 1. The van der Waals surface area contributed by atoms with E-state index >= 15 is 0 Å². The second kappa shape index (κ2) is 7.23. The molecule has 0 saturated heterocycles. The van der Waals surface area contributed by atoms with Gasteiger partial charge in [-0.05, 0) is 36.2 Å². The van der Waals surface area contributed by atoms with Gasteiger partial charge in [-0.15, -0.1) is 0 Å². The molecule has 0 atom stereocenters. The molecule has 0 saturated carbocycles. The van der Waals surface area contributed by atoms with Crippen molar-refractivity contribution in [1.82, 2.24) is 4.98 Å². The van der Waals surface area contributed by atoms with E-state index in [1.807, 2.05) is 78.9 Å². The van der Waals surface area contributed by atoms with Gasteiger partial charge in [-0.3, -0.25) is 4.79 Å². The van der Waals surface area contributed by atoms with Crippen LogP contribution in [0.3, 0.4) is 0 Å². The SMILES string of the molecule is O=C(CCc1ccccc1)Nc1ccccc1-c1nc2ccccc2o1. The van der Waals surface area contributed by atoms with Crippen LogP contribution in [-0.2, 0) is 11.2 Å². The molecule has 4 aromatic rings. The van der Waals surface area contributed by atoms with Gasteiger partial charge in [-0.25, -0.2) is 4.98 Å². The zero-order valence-electron chi connectivity index (χ0n) is 14.2. The van der Waals surface area contributed by atoms with Gasteiger partial charge in [0.25, 0.3) is 0 Å². The lowest BCUT2D eigenvalue weighted by molar-refractivity contribution is -0.116. The number of nitrogens with one attached hydrogen (secondary N) is 1. The van der Waals surface area contributed by atoms with Crippen LogP contribution in [0.2, 0.25) is 0 Å². The minimum absolute atomic E-state index is 0.0302. The van der Waals surface area contributed by atoms with Crippen LogP contribution >= 0.6 is 0 Å². The van der Waals surface area contributed by atoms with Gasteiger partial charge >= 0.3 is 0 Å². The molecular formula is C22H18N2O2. The molecular weight excluding hydrogens is 324 g/mol. The minimum atomic E-state index is -0.0302. The molecule has 0 aliphatic carbocycles. The van der Waals surface area contributed by atoms with Gasteiger partial charge < -0.3 is 9.73 Å². The maximum atomic E-state index is 12.4. The monoisotopic (exact) mass is 342 g/mol. The van der Waals surface area contributed by atoms with E-state index in [1.165, 1.54) is 0 Å². The van der Waals surface area contributed by atoms with Crippen molar-refractivity contribution in [1.29, 1.82) is 0 Å². The van der Waals surface area contributed by atoms with E-state index < -0.39 is 0 Å². The van der Waals surface area contributed by atoms with Crippen LogP contribution < -0.4 is 5.32 Å². The molecule has 4 nitrogen and oxygen atoms in total. The molecule has 1 aromatic heterocycles. The largest absolute Gasteiger partial charge is 0.436 e. The number of hydrogen-bond acceptors (Lipinski definition) is 3. The Bertz CT molecular complexity index is 1010. The Morgan fingerprint density at radius 3 is 2.46 bits per heavy atom. The summed E-state index contributed by atoms with van der Waals surface area (Å²) < 4.78 is 5.84. The maximum Gasteiger partial charge on any atom is 0.229 e. The van der Waals surface area contributed by atoms with Gasteiger partial charge in [0.05, 0.1) is 11.3 Å². The number of rotatable bonds is 5. The van der Waals surface area contributed by atoms with Crippen LogP contribution in [-0.4, -0.2) is 10.9 Å². The summed E-state index contributed by atoms with van der Waals surface area (Å²) in [6.45, 7) is 0. The number of amides is 1. The van der Waals surface area contributed by atoms with Gasteiger partial charge in [-0.1, -0.05) is 54.6 Å². The zero-order valence-corrected chi connectivity index (χ0v) is 14.2. The molecule has 1 N–H and O–H groups in total. The minimum Gasteiger partial charge on any atom is -0.436 e. The van der Waals surface area contributed by atoms with Crippen molar-refractivity contribution in [3.63, 3.8) is 0 Å². The van der Waals surface area contributed by atoms with Gasteiger partial charge in [0, 0.05) is 6.42 Å². The average Bonchev–Trinajstić information content (AvgIpc) is 3.12. The smallest absolute Gasteiger partial charge is 0.229 e. The Morgan fingerprint density at radius 2 is 1.62 bits per heavy atom. The molecule has 0 unspecified atom stereocenters. The van der Waals surface area contributed by atoms with Crippen LogP contribution in [0.1, 0.15) is 12.0 Å². The summed E-state index contributed by atoms with van der Waals surface area (Å²) in [5.41, 5.74) is 4.16. The molecule has 0 aliphatic rings. The molecule has 0 aliphatic heterocycles. The van der Waals surface area contributed by atoms with Gasteiger partial charge in [-0.2, -0.15) is 0 Å². The van der Waals surface area contributed by atoms with Crippen molar-refractivity contribution < 1.29 is 9.21 Å². The molecule has 128 valence electrons. The molecule has 0 fully saturated rings. The van der Waals surface area contributed by atoms with Crippen molar-refractivity contribution in [2.75, 3.05) is 5.32 Å². The summed E-state index contributed by atoms with van der Waals surface area (Å²) in [5, 5.41) is 2.98. The van der Waals surface area contributed by atoms with E-state index in [1.54, 1.807) is 0 Å². The Hall–Kier alpha value is -3.40. The lowest BCUT2D eigenvalue weighted by Gasteiger charge is -2.09. The first-order chi connectivity index (χ1) is 12.8. The van der Waals surface area contributed by atoms with E-state index in [0.717, 1.165) is 22.2 Å². The molecule has 4 rings (SSSR count). The fourth-order valence-electron chi connectivity index (χ4n) is 2.88. The third-order valence-electron chi connectivity index (χ3n) is 4.21. The van der Waals surface area contributed by atoms with Crippen molar-refractivity contribution in [3.8, 4) is 11.5 Å². The van der Waals surface area contributed by atoms with Crippen LogP contribution in [0, 0.1) is 0 Å². The zero-order chi connectivity index (χ0) is 17.8. The average molecular weight is 342 g/mol. The first-order valence-electron chi connectivity index (χ1n) is 8.58. The summed E-state index contributed by atoms with van der Waals surface area (Å²) >= 11 is 0. The highest BCUT2D eigenvalue weighted by Crippen LogP contribution is 2.30. The quantitative estimate of drug-likeness (QED) is 0.551. The third kappa shape index (κ3) is 3.49. The number of anilines is 1. The van der Waals surface area contributed by atoms with E-state index in [0.29, 0.717) is 24.4 Å². The van der Waals surface area contributed by atoms with Crippen LogP contribution in [0.15, 0.2) is 83.3 Å². The van der Waals surface area contributed by atoms with E-state index in [2.05, 4.69) is 10.3 Å². The molecule has 0 spiro atoms. The van der Waals surface area contributed by atoms with E-state index in [9.17, 15) is 4.79 Å². The Morgan fingerprint density at radius 1 is 0.885 bits per heavy atom. The number of fused-ring (bicyclic) bond motifs is 1. The molecule has 3 aromatic carbocycles. The number of benzene rings is 3. The van der Waals surface area contributed by atoms with Crippen molar-refractivity contribution in [3.05, 3.63) is 84.4 Å². The first kappa shape index (κ1) is 16.1. The standard InChI is InChI=1S/C22H18N2O2/c25-21(15-14-16-8-2-1-3-9-16)23-18-11-5-4-10-17(18)22-24-19-12-6-7-13-20(19)26-22/h1-13H,14-15H2,(H,23,25). The third-order valence-corrected chi connectivity index (χ3v) is 4.21. The highest BCUT2D eigenvalue weighted by atomic mass is 16.3.